The summed E-state index contributed by atoms with van der Waals surface area (Å²) < 4.78 is 15.7. The molecule has 0 bridgehead atoms. The molecule has 0 saturated heterocycles. The zero-order chi connectivity index (χ0) is 21.3. The maximum atomic E-state index is 12.4. The standard InChI is InChI=1S/C21H27N3O5/c1-21(2,3)29-20(26)24(12-13-27-4)15-17-11-10-16(14-22-17)23-19(25)28-18-8-6-5-7-9-18/h5-11,14H,12-13,15H2,1-4H3,(H,23,25). The molecule has 2 amide bonds. The van der Waals surface area contributed by atoms with Crippen LogP contribution in [0, 0.1) is 0 Å². The maximum absolute atomic E-state index is 12.4. The van der Waals surface area contributed by atoms with Gasteiger partial charge in [-0.2, -0.15) is 0 Å². The maximum Gasteiger partial charge on any atom is 0.417 e. The number of carbonyl (C=O) groups is 2. The molecule has 0 unspecified atom stereocenters. The molecule has 2 aromatic rings. The van der Waals surface area contributed by atoms with Crippen LogP contribution in [0.2, 0.25) is 0 Å². The van der Waals surface area contributed by atoms with Gasteiger partial charge in [-0.25, -0.2) is 9.59 Å². The van der Waals surface area contributed by atoms with E-state index in [1.807, 2.05) is 26.8 Å². The topological polar surface area (TPSA) is 90.0 Å². The summed E-state index contributed by atoms with van der Waals surface area (Å²) in [5.74, 6) is 0.445. The summed E-state index contributed by atoms with van der Waals surface area (Å²) >= 11 is 0. The third-order valence-corrected chi connectivity index (χ3v) is 3.59. The first-order valence-electron chi connectivity index (χ1n) is 9.22. The molecule has 1 N–H and O–H groups in total. The van der Waals surface area contributed by atoms with Gasteiger partial charge in [0.25, 0.3) is 0 Å². The molecule has 8 nitrogen and oxygen atoms in total. The Hall–Kier alpha value is -3.13. The van der Waals surface area contributed by atoms with E-state index in [1.165, 1.54) is 11.1 Å². The van der Waals surface area contributed by atoms with Crippen molar-refractivity contribution in [2.45, 2.75) is 32.9 Å². The van der Waals surface area contributed by atoms with Crippen molar-refractivity contribution >= 4 is 17.9 Å². The Morgan fingerprint density at radius 2 is 1.83 bits per heavy atom. The highest BCUT2D eigenvalue weighted by Crippen LogP contribution is 2.14. The Morgan fingerprint density at radius 3 is 2.41 bits per heavy atom. The van der Waals surface area contributed by atoms with E-state index in [1.54, 1.807) is 43.5 Å². The minimum Gasteiger partial charge on any atom is -0.444 e. The molecular weight excluding hydrogens is 374 g/mol. The van der Waals surface area contributed by atoms with Gasteiger partial charge < -0.3 is 14.2 Å². The normalized spacial score (nSPS) is 10.9. The number of hydrogen-bond donors (Lipinski definition) is 1. The fraction of sp³-hybridized carbons (Fsp3) is 0.381. The number of rotatable bonds is 7. The van der Waals surface area contributed by atoms with Crippen LogP contribution in [0.3, 0.4) is 0 Å². The predicted octanol–water partition coefficient (Wildman–Crippen LogP) is 4.08. The number of nitrogens with zero attached hydrogens (tertiary/aromatic N) is 2. The van der Waals surface area contributed by atoms with Crippen molar-refractivity contribution < 1.29 is 23.8 Å². The minimum absolute atomic E-state index is 0.257. The first-order chi connectivity index (χ1) is 13.8. The molecule has 0 fully saturated rings. The summed E-state index contributed by atoms with van der Waals surface area (Å²) in [5, 5.41) is 2.61. The third kappa shape index (κ3) is 8.18. The van der Waals surface area contributed by atoms with Crippen molar-refractivity contribution in [3.8, 4) is 5.75 Å². The van der Waals surface area contributed by atoms with E-state index in [0.29, 0.717) is 30.3 Å². The summed E-state index contributed by atoms with van der Waals surface area (Å²) in [7, 11) is 1.57. The number of pyridine rings is 1. The second-order valence-corrected chi connectivity index (χ2v) is 7.26. The Bertz CT molecular complexity index is 788. The van der Waals surface area contributed by atoms with Gasteiger partial charge in [0.15, 0.2) is 0 Å². The molecular formula is C21H27N3O5. The van der Waals surface area contributed by atoms with Crippen molar-refractivity contribution in [2.24, 2.45) is 0 Å². The van der Waals surface area contributed by atoms with Crippen LogP contribution in [0.1, 0.15) is 26.5 Å². The average Bonchev–Trinajstić information content (AvgIpc) is 2.65. The summed E-state index contributed by atoms with van der Waals surface area (Å²) in [6.45, 7) is 6.44. The molecule has 0 aliphatic rings. The van der Waals surface area contributed by atoms with E-state index in [4.69, 9.17) is 14.2 Å². The summed E-state index contributed by atoms with van der Waals surface area (Å²) in [6.07, 6.45) is 0.455. The highest BCUT2D eigenvalue weighted by atomic mass is 16.6. The number of ether oxygens (including phenoxy) is 3. The van der Waals surface area contributed by atoms with Crippen molar-refractivity contribution in [2.75, 3.05) is 25.6 Å². The van der Waals surface area contributed by atoms with E-state index >= 15 is 0 Å². The van der Waals surface area contributed by atoms with Gasteiger partial charge in [-0.15, -0.1) is 0 Å². The van der Waals surface area contributed by atoms with Gasteiger partial charge in [-0.1, -0.05) is 18.2 Å². The number of hydrogen-bond acceptors (Lipinski definition) is 6. The Labute approximate surface area is 170 Å². The Balaban J connectivity index is 1.96. The van der Waals surface area contributed by atoms with E-state index in [9.17, 15) is 9.59 Å². The molecule has 1 heterocycles. The van der Waals surface area contributed by atoms with Crippen molar-refractivity contribution in [3.05, 3.63) is 54.4 Å². The van der Waals surface area contributed by atoms with Crippen LogP contribution >= 0.6 is 0 Å². The number of carbonyl (C=O) groups excluding carboxylic acids is 2. The van der Waals surface area contributed by atoms with Gasteiger partial charge in [0, 0.05) is 13.7 Å². The number of para-hydroxylation sites is 1. The average molecular weight is 401 g/mol. The Kier molecular flexibility index (Phi) is 7.97. The zero-order valence-corrected chi connectivity index (χ0v) is 17.2. The van der Waals surface area contributed by atoms with Crippen molar-refractivity contribution in [3.63, 3.8) is 0 Å². The van der Waals surface area contributed by atoms with Crippen LogP contribution in [-0.4, -0.2) is 47.9 Å². The molecule has 0 spiro atoms. The van der Waals surface area contributed by atoms with Gasteiger partial charge >= 0.3 is 12.2 Å². The van der Waals surface area contributed by atoms with Crippen LogP contribution in [0.4, 0.5) is 15.3 Å². The van der Waals surface area contributed by atoms with Crippen molar-refractivity contribution in [1.29, 1.82) is 0 Å². The van der Waals surface area contributed by atoms with Crippen LogP contribution in [0.25, 0.3) is 0 Å². The molecule has 1 aromatic carbocycles. The number of methoxy groups -OCH3 is 1. The molecule has 0 saturated carbocycles. The van der Waals surface area contributed by atoms with Crippen LogP contribution in [0.15, 0.2) is 48.7 Å². The highest BCUT2D eigenvalue weighted by Gasteiger charge is 2.22. The summed E-state index contributed by atoms with van der Waals surface area (Å²) in [4.78, 5) is 30.2. The lowest BCUT2D eigenvalue weighted by molar-refractivity contribution is 0.0181. The molecule has 0 atom stereocenters. The van der Waals surface area contributed by atoms with Gasteiger partial charge in [-0.3, -0.25) is 15.2 Å². The number of benzene rings is 1. The molecule has 0 radical (unpaired) electrons. The fourth-order valence-corrected chi connectivity index (χ4v) is 2.29. The third-order valence-electron chi connectivity index (χ3n) is 3.59. The Morgan fingerprint density at radius 1 is 1.10 bits per heavy atom. The first kappa shape index (κ1) is 22.2. The lowest BCUT2D eigenvalue weighted by atomic mass is 10.2. The molecule has 1 aromatic heterocycles. The highest BCUT2D eigenvalue weighted by molar-refractivity contribution is 5.86. The molecule has 8 heteroatoms. The van der Waals surface area contributed by atoms with Crippen LogP contribution < -0.4 is 10.1 Å². The fourth-order valence-electron chi connectivity index (χ4n) is 2.29. The zero-order valence-electron chi connectivity index (χ0n) is 17.2. The molecule has 2 rings (SSSR count). The van der Waals surface area contributed by atoms with Crippen LogP contribution in [0.5, 0.6) is 5.75 Å². The second-order valence-electron chi connectivity index (χ2n) is 7.26. The molecule has 29 heavy (non-hydrogen) atoms. The number of aromatic nitrogens is 1. The van der Waals surface area contributed by atoms with Gasteiger partial charge in [-0.05, 0) is 45.0 Å². The largest absolute Gasteiger partial charge is 0.444 e. The molecule has 0 aliphatic carbocycles. The number of amides is 2. The van der Waals surface area contributed by atoms with E-state index in [0.717, 1.165) is 0 Å². The molecule has 156 valence electrons. The van der Waals surface area contributed by atoms with Crippen molar-refractivity contribution in [1.82, 2.24) is 9.88 Å². The summed E-state index contributed by atoms with van der Waals surface area (Å²) in [6, 6.07) is 12.2. The van der Waals surface area contributed by atoms with Crippen LogP contribution in [-0.2, 0) is 16.0 Å². The van der Waals surface area contributed by atoms with Gasteiger partial charge in [0.05, 0.1) is 30.7 Å². The number of anilines is 1. The molecule has 0 aliphatic heterocycles. The predicted molar refractivity (Wildman–Crippen MR) is 109 cm³/mol. The summed E-state index contributed by atoms with van der Waals surface area (Å²) in [5.41, 5.74) is 0.534. The van der Waals surface area contributed by atoms with E-state index < -0.39 is 17.8 Å². The van der Waals surface area contributed by atoms with E-state index in [-0.39, 0.29) is 6.54 Å². The monoisotopic (exact) mass is 401 g/mol. The van der Waals surface area contributed by atoms with Gasteiger partial charge in [0.1, 0.15) is 11.4 Å². The minimum atomic E-state index is -0.610. The lowest BCUT2D eigenvalue weighted by Crippen LogP contribution is -2.38. The van der Waals surface area contributed by atoms with E-state index in [2.05, 4.69) is 10.3 Å². The lowest BCUT2D eigenvalue weighted by Gasteiger charge is -2.27. The second kappa shape index (κ2) is 10.4. The smallest absolute Gasteiger partial charge is 0.417 e. The number of nitrogens with one attached hydrogen (secondary N) is 1. The quantitative estimate of drug-likeness (QED) is 0.752. The van der Waals surface area contributed by atoms with Gasteiger partial charge in [0.2, 0.25) is 0 Å². The first-order valence-corrected chi connectivity index (χ1v) is 9.22. The SMILES string of the molecule is COCCN(Cc1ccc(NC(=O)Oc2ccccc2)cn1)C(=O)OC(C)(C)C.